The molecule has 3 N–H and O–H groups in total. The lowest BCUT2D eigenvalue weighted by atomic mass is 10.1. The number of alkyl halides is 3. The topological polar surface area (TPSA) is 124 Å². The van der Waals surface area contributed by atoms with E-state index in [1.807, 2.05) is 0 Å². The van der Waals surface area contributed by atoms with Gasteiger partial charge in [0.05, 0.1) is 16.5 Å². The summed E-state index contributed by atoms with van der Waals surface area (Å²) in [4.78, 5) is 52.5. The number of aldehydes is 1. The predicted octanol–water partition coefficient (Wildman–Crippen LogP) is 2.66. The molecule has 1 unspecified atom stereocenters. The monoisotopic (exact) mass is 474 g/mol. The van der Waals surface area contributed by atoms with Gasteiger partial charge in [0, 0.05) is 18.5 Å². The lowest BCUT2D eigenvalue weighted by molar-refractivity contribution is -0.137. The molecule has 0 fully saturated rings. The lowest BCUT2D eigenvalue weighted by Gasteiger charge is -2.18. The van der Waals surface area contributed by atoms with Gasteiger partial charge in [-0.2, -0.15) is 13.2 Å². The van der Waals surface area contributed by atoms with Crippen LogP contribution in [0.15, 0.2) is 47.3 Å². The minimum absolute atomic E-state index is 0.00645. The van der Waals surface area contributed by atoms with Crippen LogP contribution in [0.2, 0.25) is 0 Å². The Hall–Kier alpha value is -4.02. The summed E-state index contributed by atoms with van der Waals surface area (Å²) in [6.07, 6.45) is -3.79. The fourth-order valence-corrected chi connectivity index (χ4v) is 3.55. The molecule has 0 aliphatic rings. The zero-order valence-corrected chi connectivity index (χ0v) is 18.1. The summed E-state index contributed by atoms with van der Waals surface area (Å²) in [5.74, 6) is -1.10. The highest BCUT2D eigenvalue weighted by molar-refractivity contribution is 5.94. The van der Waals surface area contributed by atoms with E-state index in [1.165, 1.54) is 6.07 Å². The number of aromatic nitrogens is 2. The fraction of sp³-hybridized carbons (Fsp3) is 0.261. The number of benzene rings is 2. The molecule has 2 aromatic carbocycles. The molecule has 0 saturated heterocycles. The summed E-state index contributed by atoms with van der Waals surface area (Å²) in [6, 6.07) is 7.48. The normalized spacial score (nSPS) is 12.4. The van der Waals surface area contributed by atoms with Gasteiger partial charge in [-0.1, -0.05) is 6.07 Å². The number of hydrogen-bond donors (Lipinski definition) is 2. The standard InChI is InChI=1S/C23H21F3N4O4/c1-13-29-18-9-4-14(11-17(18)22(34)30(13)19(20(27)32)3-2-10-31)12-28-21(33)15-5-7-16(8-6-15)23(24,25)26/h4-11,19H,2-3,12H2,1H3,(H2,27,32)(H,28,33). The number of fused-ring (bicyclic) bond motifs is 1. The maximum Gasteiger partial charge on any atom is 0.416 e. The van der Waals surface area contributed by atoms with Crippen molar-refractivity contribution in [3.05, 3.63) is 75.3 Å². The second-order valence-corrected chi connectivity index (χ2v) is 7.61. The second kappa shape index (κ2) is 9.86. The highest BCUT2D eigenvalue weighted by Crippen LogP contribution is 2.29. The number of carbonyl (C=O) groups excluding carboxylic acids is 3. The molecule has 0 saturated carbocycles. The van der Waals surface area contributed by atoms with E-state index in [4.69, 9.17) is 5.73 Å². The smallest absolute Gasteiger partial charge is 0.368 e. The van der Waals surface area contributed by atoms with Crippen LogP contribution in [0.25, 0.3) is 10.9 Å². The lowest BCUT2D eigenvalue weighted by Crippen LogP contribution is -2.36. The van der Waals surface area contributed by atoms with Gasteiger partial charge in [0.25, 0.3) is 11.5 Å². The van der Waals surface area contributed by atoms with Crippen LogP contribution in [-0.2, 0) is 22.3 Å². The molecule has 0 radical (unpaired) electrons. The van der Waals surface area contributed by atoms with Gasteiger partial charge in [-0.25, -0.2) is 4.98 Å². The molecular weight excluding hydrogens is 453 g/mol. The van der Waals surface area contributed by atoms with Crippen LogP contribution >= 0.6 is 0 Å². The molecule has 11 heteroatoms. The molecule has 0 aliphatic carbocycles. The molecule has 1 heterocycles. The Kier molecular flexibility index (Phi) is 7.14. The zero-order valence-electron chi connectivity index (χ0n) is 18.1. The van der Waals surface area contributed by atoms with Crippen LogP contribution in [0.4, 0.5) is 13.2 Å². The highest BCUT2D eigenvalue weighted by atomic mass is 19.4. The minimum atomic E-state index is -4.50. The average Bonchev–Trinajstić information content (AvgIpc) is 2.79. The van der Waals surface area contributed by atoms with Crippen molar-refractivity contribution in [2.45, 2.75) is 38.5 Å². The van der Waals surface area contributed by atoms with Crippen molar-refractivity contribution in [3.63, 3.8) is 0 Å². The Bertz CT molecular complexity index is 1300. The van der Waals surface area contributed by atoms with Crippen LogP contribution in [0, 0.1) is 6.92 Å². The molecule has 0 aliphatic heterocycles. The predicted molar refractivity (Wildman–Crippen MR) is 117 cm³/mol. The Morgan fingerprint density at radius 1 is 1.18 bits per heavy atom. The number of halogens is 3. The summed E-state index contributed by atoms with van der Waals surface area (Å²) in [7, 11) is 0. The van der Waals surface area contributed by atoms with Gasteiger partial charge in [0.2, 0.25) is 5.91 Å². The maximum absolute atomic E-state index is 13.1. The summed E-state index contributed by atoms with van der Waals surface area (Å²) in [5, 5.41) is 2.77. The van der Waals surface area contributed by atoms with Crippen molar-refractivity contribution in [2.75, 3.05) is 0 Å². The molecule has 1 aromatic heterocycles. The summed E-state index contributed by atoms with van der Waals surface area (Å²) < 4.78 is 39.2. The average molecular weight is 474 g/mol. The van der Waals surface area contributed by atoms with Crippen LogP contribution in [-0.4, -0.2) is 27.7 Å². The van der Waals surface area contributed by atoms with Crippen LogP contribution in [0.1, 0.15) is 46.2 Å². The van der Waals surface area contributed by atoms with Gasteiger partial charge in [0.15, 0.2) is 0 Å². The van der Waals surface area contributed by atoms with Gasteiger partial charge in [-0.15, -0.1) is 0 Å². The number of rotatable bonds is 8. The molecule has 0 spiro atoms. The highest BCUT2D eigenvalue weighted by Gasteiger charge is 2.30. The molecule has 3 aromatic rings. The van der Waals surface area contributed by atoms with E-state index in [1.54, 1.807) is 19.1 Å². The van der Waals surface area contributed by atoms with Crippen molar-refractivity contribution in [1.29, 1.82) is 0 Å². The zero-order chi connectivity index (χ0) is 25.0. The first-order valence-corrected chi connectivity index (χ1v) is 10.2. The van der Waals surface area contributed by atoms with E-state index in [9.17, 15) is 32.3 Å². The minimum Gasteiger partial charge on any atom is -0.368 e. The Labute approximate surface area is 191 Å². The van der Waals surface area contributed by atoms with Crippen LogP contribution in [0.3, 0.4) is 0 Å². The first-order chi connectivity index (χ1) is 16.0. The fourth-order valence-electron chi connectivity index (χ4n) is 3.55. The van der Waals surface area contributed by atoms with E-state index >= 15 is 0 Å². The number of amides is 2. The molecule has 178 valence electrons. The molecule has 1 atom stereocenters. The van der Waals surface area contributed by atoms with E-state index in [2.05, 4.69) is 10.3 Å². The summed E-state index contributed by atoms with van der Waals surface area (Å²) >= 11 is 0. The number of carbonyl (C=O) groups is 3. The maximum atomic E-state index is 13.1. The molecule has 3 rings (SSSR count). The van der Waals surface area contributed by atoms with E-state index in [-0.39, 0.29) is 36.2 Å². The molecule has 8 nitrogen and oxygen atoms in total. The number of nitrogens with two attached hydrogens (primary N) is 1. The van der Waals surface area contributed by atoms with Crippen molar-refractivity contribution in [1.82, 2.24) is 14.9 Å². The molecule has 2 amide bonds. The van der Waals surface area contributed by atoms with Gasteiger partial charge in [-0.3, -0.25) is 19.0 Å². The Balaban J connectivity index is 1.85. The van der Waals surface area contributed by atoms with Gasteiger partial charge >= 0.3 is 6.18 Å². The molecule has 34 heavy (non-hydrogen) atoms. The third-order valence-corrected chi connectivity index (χ3v) is 5.27. The SMILES string of the molecule is Cc1nc2ccc(CNC(=O)c3ccc(C(F)(F)F)cc3)cc2c(=O)n1C(CCC=O)C(N)=O. The number of aryl methyl sites for hydroxylation is 1. The Morgan fingerprint density at radius 3 is 2.44 bits per heavy atom. The number of nitrogens with one attached hydrogen (secondary N) is 1. The van der Waals surface area contributed by atoms with Crippen molar-refractivity contribution >= 4 is 29.0 Å². The van der Waals surface area contributed by atoms with Gasteiger partial charge in [-0.05, 0) is 55.3 Å². The molecule has 0 bridgehead atoms. The first-order valence-electron chi connectivity index (χ1n) is 10.2. The number of primary amides is 1. The number of nitrogens with zero attached hydrogens (tertiary/aromatic N) is 2. The third kappa shape index (κ3) is 5.30. The van der Waals surface area contributed by atoms with Crippen LogP contribution < -0.4 is 16.6 Å². The van der Waals surface area contributed by atoms with Crippen molar-refractivity contribution in [3.8, 4) is 0 Å². The van der Waals surface area contributed by atoms with Crippen molar-refractivity contribution < 1.29 is 27.6 Å². The van der Waals surface area contributed by atoms with E-state index < -0.39 is 35.2 Å². The summed E-state index contributed by atoms with van der Waals surface area (Å²) in [5.41, 5.74) is 5.01. The van der Waals surface area contributed by atoms with Crippen molar-refractivity contribution in [2.24, 2.45) is 5.73 Å². The van der Waals surface area contributed by atoms with E-state index in [0.29, 0.717) is 17.4 Å². The quantitative estimate of drug-likeness (QED) is 0.486. The second-order valence-electron chi connectivity index (χ2n) is 7.61. The summed E-state index contributed by atoms with van der Waals surface area (Å²) in [6.45, 7) is 1.55. The largest absolute Gasteiger partial charge is 0.416 e. The number of hydrogen-bond acceptors (Lipinski definition) is 5. The van der Waals surface area contributed by atoms with Crippen LogP contribution in [0.5, 0.6) is 0 Å². The van der Waals surface area contributed by atoms with E-state index in [0.717, 1.165) is 28.8 Å². The first kappa shape index (κ1) is 24.6. The Morgan fingerprint density at radius 2 is 1.85 bits per heavy atom. The third-order valence-electron chi connectivity index (χ3n) is 5.27. The molecular formula is C23H21F3N4O4. The van der Waals surface area contributed by atoms with Gasteiger partial charge < -0.3 is 15.8 Å². The van der Waals surface area contributed by atoms with Gasteiger partial charge in [0.1, 0.15) is 18.2 Å².